The first-order valence-electron chi connectivity index (χ1n) is 8.76. The number of piperazine rings is 1. The average Bonchev–Trinajstić information content (AvgIpc) is 2.66. The maximum absolute atomic E-state index is 12.0. The number of rotatable bonds is 6. The maximum atomic E-state index is 12.0. The lowest BCUT2D eigenvalue weighted by molar-refractivity contribution is -0.122. The van der Waals surface area contributed by atoms with Gasteiger partial charge in [-0.3, -0.25) is 14.6 Å². The Kier molecular flexibility index (Phi) is 6.77. The molecule has 1 heterocycles. The van der Waals surface area contributed by atoms with Crippen molar-refractivity contribution >= 4 is 23.7 Å². The number of nitrogens with zero attached hydrogens (tertiary/aromatic N) is 3. The van der Waals surface area contributed by atoms with Crippen molar-refractivity contribution in [2.45, 2.75) is 6.54 Å². The van der Waals surface area contributed by atoms with Gasteiger partial charge in [-0.15, -0.1) is 0 Å². The lowest BCUT2D eigenvalue weighted by atomic mass is 10.2. The SMILES string of the molecule is O=C(CN1CCN(Cc2ccccc2Cl)CC1)NN=Cc1ccccc1. The van der Waals surface area contributed by atoms with E-state index in [0.29, 0.717) is 6.54 Å². The molecule has 26 heavy (non-hydrogen) atoms. The Bertz CT molecular complexity index is 742. The summed E-state index contributed by atoms with van der Waals surface area (Å²) in [6.07, 6.45) is 1.65. The van der Waals surface area contributed by atoms with Gasteiger partial charge in [0, 0.05) is 37.7 Å². The van der Waals surface area contributed by atoms with Crippen molar-refractivity contribution in [1.29, 1.82) is 0 Å². The quantitative estimate of drug-likeness (QED) is 0.628. The summed E-state index contributed by atoms with van der Waals surface area (Å²) < 4.78 is 0. The van der Waals surface area contributed by atoms with Gasteiger partial charge in [-0.05, 0) is 17.2 Å². The summed E-state index contributed by atoms with van der Waals surface area (Å²) in [5.41, 5.74) is 4.70. The van der Waals surface area contributed by atoms with E-state index in [1.54, 1.807) is 6.21 Å². The van der Waals surface area contributed by atoms with Crippen LogP contribution in [0.3, 0.4) is 0 Å². The number of amides is 1. The Hall–Kier alpha value is -2.21. The summed E-state index contributed by atoms with van der Waals surface area (Å²) >= 11 is 6.23. The van der Waals surface area contributed by atoms with Crippen LogP contribution in [0.15, 0.2) is 59.7 Å². The predicted octanol–water partition coefficient (Wildman–Crippen LogP) is 2.61. The van der Waals surface area contributed by atoms with Crippen LogP contribution in [0.25, 0.3) is 0 Å². The molecule has 0 radical (unpaired) electrons. The molecule has 5 nitrogen and oxygen atoms in total. The van der Waals surface area contributed by atoms with Crippen LogP contribution in [0.5, 0.6) is 0 Å². The number of nitrogens with one attached hydrogen (secondary N) is 1. The van der Waals surface area contributed by atoms with Crippen LogP contribution in [0, 0.1) is 0 Å². The fraction of sp³-hybridized carbons (Fsp3) is 0.300. The lowest BCUT2D eigenvalue weighted by Crippen LogP contribution is -2.48. The minimum absolute atomic E-state index is 0.0864. The van der Waals surface area contributed by atoms with E-state index in [-0.39, 0.29) is 5.91 Å². The van der Waals surface area contributed by atoms with Crippen molar-refractivity contribution in [2.24, 2.45) is 5.10 Å². The Labute approximate surface area is 159 Å². The molecule has 0 unspecified atom stereocenters. The lowest BCUT2D eigenvalue weighted by Gasteiger charge is -2.34. The maximum Gasteiger partial charge on any atom is 0.254 e. The van der Waals surface area contributed by atoms with Gasteiger partial charge >= 0.3 is 0 Å². The van der Waals surface area contributed by atoms with E-state index in [1.807, 2.05) is 48.5 Å². The van der Waals surface area contributed by atoms with Crippen LogP contribution >= 0.6 is 11.6 Å². The third-order valence-corrected chi connectivity index (χ3v) is 4.76. The molecule has 0 spiro atoms. The molecule has 1 N–H and O–H groups in total. The molecule has 1 fully saturated rings. The zero-order chi connectivity index (χ0) is 18.2. The zero-order valence-corrected chi connectivity index (χ0v) is 15.4. The highest BCUT2D eigenvalue weighted by atomic mass is 35.5. The number of hydrazone groups is 1. The normalized spacial score (nSPS) is 16.0. The van der Waals surface area contributed by atoms with Gasteiger partial charge in [0.25, 0.3) is 5.91 Å². The highest BCUT2D eigenvalue weighted by Crippen LogP contribution is 2.17. The third kappa shape index (κ3) is 5.66. The molecular formula is C20H23ClN4O. The minimum atomic E-state index is -0.0864. The van der Waals surface area contributed by atoms with Gasteiger partial charge in [-0.25, -0.2) is 5.43 Å². The Morgan fingerprint density at radius 1 is 1.00 bits per heavy atom. The van der Waals surface area contributed by atoms with E-state index in [9.17, 15) is 4.79 Å². The van der Waals surface area contributed by atoms with Crippen molar-refractivity contribution in [1.82, 2.24) is 15.2 Å². The summed E-state index contributed by atoms with van der Waals surface area (Å²) in [6.45, 7) is 4.78. The van der Waals surface area contributed by atoms with E-state index in [2.05, 4.69) is 26.4 Å². The van der Waals surface area contributed by atoms with Gasteiger partial charge in [0.05, 0.1) is 12.8 Å². The molecule has 1 aliphatic heterocycles. The van der Waals surface area contributed by atoms with Gasteiger partial charge < -0.3 is 0 Å². The van der Waals surface area contributed by atoms with E-state index in [0.717, 1.165) is 48.9 Å². The topological polar surface area (TPSA) is 47.9 Å². The minimum Gasteiger partial charge on any atom is -0.296 e. The molecule has 0 aliphatic carbocycles. The van der Waals surface area contributed by atoms with Crippen LogP contribution in [-0.2, 0) is 11.3 Å². The first-order valence-corrected chi connectivity index (χ1v) is 9.13. The first-order chi connectivity index (χ1) is 12.7. The number of hydrogen-bond donors (Lipinski definition) is 1. The smallest absolute Gasteiger partial charge is 0.254 e. The van der Waals surface area contributed by atoms with Crippen molar-refractivity contribution < 1.29 is 4.79 Å². The van der Waals surface area contributed by atoms with E-state index >= 15 is 0 Å². The molecule has 2 aromatic carbocycles. The van der Waals surface area contributed by atoms with Crippen molar-refractivity contribution in [3.8, 4) is 0 Å². The molecule has 1 amide bonds. The van der Waals surface area contributed by atoms with Crippen LogP contribution in [0.4, 0.5) is 0 Å². The molecule has 0 saturated carbocycles. The molecular weight excluding hydrogens is 348 g/mol. The Morgan fingerprint density at radius 3 is 2.38 bits per heavy atom. The van der Waals surface area contributed by atoms with Crippen molar-refractivity contribution in [3.05, 3.63) is 70.7 Å². The second kappa shape index (κ2) is 9.48. The van der Waals surface area contributed by atoms with Crippen LogP contribution in [-0.4, -0.2) is 54.6 Å². The molecule has 136 valence electrons. The van der Waals surface area contributed by atoms with E-state index < -0.39 is 0 Å². The monoisotopic (exact) mass is 370 g/mol. The molecule has 6 heteroatoms. The van der Waals surface area contributed by atoms with E-state index in [4.69, 9.17) is 11.6 Å². The standard InChI is InChI=1S/C20H23ClN4O/c21-19-9-5-4-8-18(19)15-24-10-12-25(13-11-24)16-20(26)23-22-14-17-6-2-1-3-7-17/h1-9,14H,10-13,15-16H2,(H,23,26). The van der Waals surface area contributed by atoms with Gasteiger partial charge in [0.2, 0.25) is 0 Å². The molecule has 0 aromatic heterocycles. The second-order valence-electron chi connectivity index (χ2n) is 6.35. The number of benzene rings is 2. The molecule has 3 rings (SSSR count). The van der Waals surface area contributed by atoms with Crippen molar-refractivity contribution in [3.63, 3.8) is 0 Å². The van der Waals surface area contributed by atoms with Crippen molar-refractivity contribution in [2.75, 3.05) is 32.7 Å². The summed E-state index contributed by atoms with van der Waals surface area (Å²) in [7, 11) is 0. The van der Waals surface area contributed by atoms with Gasteiger partial charge in [-0.2, -0.15) is 5.10 Å². The highest BCUT2D eigenvalue weighted by molar-refractivity contribution is 6.31. The molecule has 0 atom stereocenters. The second-order valence-corrected chi connectivity index (χ2v) is 6.75. The fourth-order valence-electron chi connectivity index (χ4n) is 2.93. The molecule has 2 aromatic rings. The van der Waals surface area contributed by atoms with Gasteiger partial charge in [-0.1, -0.05) is 60.1 Å². The van der Waals surface area contributed by atoms with Crippen LogP contribution in [0.2, 0.25) is 5.02 Å². The molecule has 1 saturated heterocycles. The van der Waals surface area contributed by atoms with Crippen LogP contribution in [0.1, 0.15) is 11.1 Å². The summed E-state index contributed by atoms with van der Waals surface area (Å²) in [5.74, 6) is -0.0864. The third-order valence-electron chi connectivity index (χ3n) is 4.39. The predicted molar refractivity (Wildman–Crippen MR) is 105 cm³/mol. The molecule has 0 bridgehead atoms. The van der Waals surface area contributed by atoms with E-state index in [1.165, 1.54) is 0 Å². The van der Waals surface area contributed by atoms with Crippen LogP contribution < -0.4 is 5.43 Å². The highest BCUT2D eigenvalue weighted by Gasteiger charge is 2.19. The van der Waals surface area contributed by atoms with Gasteiger partial charge in [0.1, 0.15) is 0 Å². The fourth-order valence-corrected chi connectivity index (χ4v) is 3.12. The average molecular weight is 371 g/mol. The Balaban J connectivity index is 1.39. The summed E-state index contributed by atoms with van der Waals surface area (Å²) in [4.78, 5) is 16.5. The first kappa shape index (κ1) is 18.6. The number of halogens is 1. The molecule has 1 aliphatic rings. The number of carbonyl (C=O) groups excluding carboxylic acids is 1. The number of carbonyl (C=O) groups is 1. The largest absolute Gasteiger partial charge is 0.296 e. The summed E-state index contributed by atoms with van der Waals surface area (Å²) in [6, 6.07) is 17.6. The number of hydrogen-bond acceptors (Lipinski definition) is 4. The summed E-state index contributed by atoms with van der Waals surface area (Å²) in [5, 5.41) is 4.82. The zero-order valence-electron chi connectivity index (χ0n) is 14.6. The Morgan fingerprint density at radius 2 is 1.65 bits per heavy atom. The van der Waals surface area contributed by atoms with Gasteiger partial charge in [0.15, 0.2) is 0 Å².